The van der Waals surface area contributed by atoms with E-state index in [1.165, 1.54) is 302 Å². The Morgan fingerprint density at radius 3 is 0.934 bits per heavy atom. The molecule has 0 aromatic heterocycles. The number of rotatable bonds is 64. The highest BCUT2D eigenvalue weighted by atomic mass is 16.5. The van der Waals surface area contributed by atoms with Crippen LogP contribution in [-0.4, -0.2) is 47.4 Å². The molecule has 3 N–H and O–H groups in total. The zero-order valence-electron chi connectivity index (χ0n) is 51.3. The highest BCUT2D eigenvalue weighted by molar-refractivity contribution is 5.76. The Morgan fingerprint density at radius 2 is 0.618 bits per heavy atom. The quantitative estimate of drug-likeness (QED) is 0.0320. The van der Waals surface area contributed by atoms with E-state index >= 15 is 0 Å². The Bertz CT molecular complexity index is 1230. The van der Waals surface area contributed by atoms with Gasteiger partial charge in [0.1, 0.15) is 0 Å². The average molecular weight is 1070 g/mol. The van der Waals surface area contributed by atoms with Gasteiger partial charge in [0.2, 0.25) is 5.91 Å². The number of aliphatic hydroxyl groups is 2. The molecule has 0 saturated heterocycles. The second-order valence-corrected chi connectivity index (χ2v) is 23.5. The first kappa shape index (κ1) is 74.1. The molecule has 2 unspecified atom stereocenters. The molecule has 0 saturated carbocycles. The first-order valence-electron chi connectivity index (χ1n) is 34.3. The first-order valence-corrected chi connectivity index (χ1v) is 34.3. The Labute approximate surface area is 474 Å². The second kappa shape index (κ2) is 65.6. The lowest BCUT2D eigenvalue weighted by atomic mass is 10.0. The molecule has 0 aliphatic carbocycles. The maximum absolute atomic E-state index is 12.5. The number of esters is 1. The number of hydrogen-bond acceptors (Lipinski definition) is 5. The SMILES string of the molecule is CCCCCCC/C=C\CCCCCCCC(=O)OCCCCCCCCCCCCCC/C=C\CCCCCCCCCCCCCCCCC(=O)NC(CO)C(O)/C=C/CCCCCCCCCCCCCCC. The summed E-state index contributed by atoms with van der Waals surface area (Å²) in [6, 6.07) is -0.627. The number of unbranched alkanes of at least 4 members (excludes halogenated alkanes) is 49. The van der Waals surface area contributed by atoms with Crippen LogP contribution in [0.4, 0.5) is 0 Å². The summed E-state index contributed by atoms with van der Waals surface area (Å²) in [5.74, 6) is -0.0562. The molecule has 2 atom stereocenters. The van der Waals surface area contributed by atoms with Gasteiger partial charge >= 0.3 is 5.97 Å². The fourth-order valence-corrected chi connectivity index (χ4v) is 10.6. The molecule has 76 heavy (non-hydrogen) atoms. The summed E-state index contributed by atoms with van der Waals surface area (Å²) in [5, 5.41) is 23.2. The highest BCUT2D eigenvalue weighted by Gasteiger charge is 2.18. The van der Waals surface area contributed by atoms with Crippen molar-refractivity contribution >= 4 is 11.9 Å². The van der Waals surface area contributed by atoms with E-state index in [2.05, 4.69) is 43.5 Å². The van der Waals surface area contributed by atoms with Gasteiger partial charge in [0.05, 0.1) is 25.4 Å². The van der Waals surface area contributed by atoms with Crippen molar-refractivity contribution < 1.29 is 24.5 Å². The predicted molar refractivity (Wildman–Crippen MR) is 333 cm³/mol. The van der Waals surface area contributed by atoms with Crippen LogP contribution in [0.2, 0.25) is 0 Å². The molecule has 448 valence electrons. The fourth-order valence-electron chi connectivity index (χ4n) is 10.6. The summed E-state index contributed by atoms with van der Waals surface area (Å²) in [6.07, 6.45) is 83.6. The number of hydrogen-bond donors (Lipinski definition) is 3. The van der Waals surface area contributed by atoms with E-state index in [0.717, 1.165) is 44.9 Å². The van der Waals surface area contributed by atoms with Crippen molar-refractivity contribution in [3.63, 3.8) is 0 Å². The molecule has 0 bridgehead atoms. The number of carbonyl (C=O) groups excluding carboxylic acids is 2. The van der Waals surface area contributed by atoms with Crippen molar-refractivity contribution in [2.24, 2.45) is 0 Å². The molecular formula is C70H133NO5. The van der Waals surface area contributed by atoms with E-state index in [1.807, 2.05) is 6.08 Å². The van der Waals surface area contributed by atoms with E-state index in [0.29, 0.717) is 19.4 Å². The lowest BCUT2D eigenvalue weighted by Gasteiger charge is -2.20. The third kappa shape index (κ3) is 61.3. The van der Waals surface area contributed by atoms with Gasteiger partial charge in [0, 0.05) is 12.8 Å². The van der Waals surface area contributed by atoms with Crippen LogP contribution in [0.1, 0.15) is 373 Å². The van der Waals surface area contributed by atoms with Gasteiger partial charge in [0.25, 0.3) is 0 Å². The zero-order valence-corrected chi connectivity index (χ0v) is 51.3. The van der Waals surface area contributed by atoms with E-state index < -0.39 is 12.1 Å². The summed E-state index contributed by atoms with van der Waals surface area (Å²) in [7, 11) is 0. The average Bonchev–Trinajstić information content (AvgIpc) is 3.42. The zero-order chi connectivity index (χ0) is 55.0. The van der Waals surface area contributed by atoms with Gasteiger partial charge in [-0.2, -0.15) is 0 Å². The Balaban J connectivity index is 3.38. The van der Waals surface area contributed by atoms with Gasteiger partial charge in [0.15, 0.2) is 0 Å². The van der Waals surface area contributed by atoms with Crippen LogP contribution >= 0.6 is 0 Å². The molecule has 0 aliphatic heterocycles. The normalized spacial score (nSPS) is 12.7. The Kier molecular flexibility index (Phi) is 63.9. The number of aliphatic hydroxyl groups excluding tert-OH is 2. The third-order valence-electron chi connectivity index (χ3n) is 15.9. The van der Waals surface area contributed by atoms with Crippen molar-refractivity contribution in [1.82, 2.24) is 5.32 Å². The minimum atomic E-state index is -0.843. The second-order valence-electron chi connectivity index (χ2n) is 23.5. The maximum atomic E-state index is 12.5. The van der Waals surface area contributed by atoms with Crippen molar-refractivity contribution in [2.45, 2.75) is 386 Å². The maximum Gasteiger partial charge on any atom is 0.305 e. The van der Waals surface area contributed by atoms with Crippen LogP contribution in [0.3, 0.4) is 0 Å². The van der Waals surface area contributed by atoms with Crippen LogP contribution in [-0.2, 0) is 14.3 Å². The fraction of sp³-hybridized carbons (Fsp3) is 0.886. The number of ether oxygens (including phenoxy) is 1. The van der Waals surface area contributed by atoms with Crippen molar-refractivity contribution in [3.05, 3.63) is 36.5 Å². The standard InChI is InChI=1S/C70H133NO5/c1-3-5-7-9-11-13-15-17-35-38-42-46-50-54-58-62-68(73)67(66-72)71-69(74)63-59-55-51-47-43-39-36-33-31-29-27-25-23-21-19-20-22-24-26-28-30-32-34-37-41-45-49-53-57-61-65-76-70(75)64-60-56-52-48-44-40-18-16-14-12-10-8-6-4-2/h16,18,20,22,58,62,67-68,72-73H,3-15,17,19,21,23-57,59-61,63-66H2,1-2H3,(H,71,74)/b18-16-,22-20-,62-58+. The minimum Gasteiger partial charge on any atom is -0.466 e. The summed E-state index contributed by atoms with van der Waals surface area (Å²) in [6.45, 7) is 4.91. The van der Waals surface area contributed by atoms with Gasteiger partial charge in [-0.25, -0.2) is 0 Å². The minimum absolute atomic E-state index is 0.00844. The molecule has 0 aliphatic rings. The van der Waals surface area contributed by atoms with E-state index in [9.17, 15) is 19.8 Å². The molecule has 0 rings (SSSR count). The predicted octanol–water partition coefficient (Wildman–Crippen LogP) is 21.9. The van der Waals surface area contributed by atoms with Crippen molar-refractivity contribution in [1.29, 1.82) is 0 Å². The van der Waals surface area contributed by atoms with Crippen LogP contribution < -0.4 is 5.32 Å². The van der Waals surface area contributed by atoms with Crippen molar-refractivity contribution in [2.75, 3.05) is 13.2 Å². The number of allylic oxidation sites excluding steroid dienone is 5. The molecule has 1 amide bonds. The number of amides is 1. The van der Waals surface area contributed by atoms with E-state index in [4.69, 9.17) is 4.74 Å². The molecule has 0 heterocycles. The van der Waals surface area contributed by atoms with Gasteiger partial charge in [-0.05, 0) is 83.5 Å². The largest absolute Gasteiger partial charge is 0.466 e. The Morgan fingerprint density at radius 1 is 0.355 bits per heavy atom. The van der Waals surface area contributed by atoms with Gasteiger partial charge < -0.3 is 20.3 Å². The topological polar surface area (TPSA) is 95.9 Å². The molecule has 6 heteroatoms. The van der Waals surface area contributed by atoms with Gasteiger partial charge in [-0.15, -0.1) is 0 Å². The smallest absolute Gasteiger partial charge is 0.305 e. The number of nitrogens with one attached hydrogen (secondary N) is 1. The molecule has 0 aromatic rings. The number of carbonyl (C=O) groups is 2. The third-order valence-corrected chi connectivity index (χ3v) is 15.9. The summed E-state index contributed by atoms with van der Waals surface area (Å²) in [5.41, 5.74) is 0. The molecule has 0 aromatic carbocycles. The molecule has 0 fully saturated rings. The molecular weight excluding hydrogens is 935 g/mol. The molecule has 6 nitrogen and oxygen atoms in total. The van der Waals surface area contributed by atoms with Gasteiger partial charge in [-0.1, -0.05) is 314 Å². The summed E-state index contributed by atoms with van der Waals surface area (Å²) in [4.78, 5) is 24.5. The summed E-state index contributed by atoms with van der Waals surface area (Å²) >= 11 is 0. The van der Waals surface area contributed by atoms with Crippen molar-refractivity contribution in [3.8, 4) is 0 Å². The first-order chi connectivity index (χ1) is 37.5. The summed E-state index contributed by atoms with van der Waals surface area (Å²) < 4.78 is 5.48. The molecule has 0 radical (unpaired) electrons. The van der Waals surface area contributed by atoms with E-state index in [-0.39, 0.29) is 18.5 Å². The highest BCUT2D eigenvalue weighted by Crippen LogP contribution is 2.18. The monoisotopic (exact) mass is 1070 g/mol. The van der Waals surface area contributed by atoms with Gasteiger partial charge in [-0.3, -0.25) is 9.59 Å². The van der Waals surface area contributed by atoms with Crippen LogP contribution in [0, 0.1) is 0 Å². The lowest BCUT2D eigenvalue weighted by molar-refractivity contribution is -0.143. The van der Waals surface area contributed by atoms with E-state index in [1.54, 1.807) is 6.08 Å². The Hall–Kier alpha value is -1.92. The lowest BCUT2D eigenvalue weighted by Crippen LogP contribution is -2.45. The van der Waals surface area contributed by atoms with Crippen LogP contribution in [0.15, 0.2) is 36.5 Å². The van der Waals surface area contributed by atoms with Crippen LogP contribution in [0.5, 0.6) is 0 Å². The van der Waals surface area contributed by atoms with Crippen LogP contribution in [0.25, 0.3) is 0 Å². The molecule has 0 spiro atoms.